The lowest BCUT2D eigenvalue weighted by Crippen LogP contribution is -2.02. The van der Waals surface area contributed by atoms with E-state index in [0.717, 1.165) is 0 Å². The van der Waals surface area contributed by atoms with Crippen LogP contribution in [-0.4, -0.2) is 19.5 Å². The average Bonchev–Trinajstić information content (AvgIpc) is 2.65. The van der Waals surface area contributed by atoms with E-state index < -0.39 is 0 Å². The van der Waals surface area contributed by atoms with Crippen molar-refractivity contribution in [3.63, 3.8) is 0 Å². The van der Waals surface area contributed by atoms with Gasteiger partial charge in [0.05, 0.1) is 11.6 Å². The van der Waals surface area contributed by atoms with E-state index in [1.54, 1.807) is 42.5 Å². The summed E-state index contributed by atoms with van der Waals surface area (Å²) in [6.45, 7) is 3.95. The minimum atomic E-state index is -0.329. The van der Waals surface area contributed by atoms with Gasteiger partial charge in [-0.25, -0.2) is 0 Å². The normalized spacial score (nSPS) is 10.7. The fraction of sp³-hybridized carbons (Fsp3) is 0.100. The maximum Gasteiger partial charge on any atom is 0.203 e. The van der Waals surface area contributed by atoms with Gasteiger partial charge in [-0.05, 0) is 39.7 Å². The molecule has 2 aromatic rings. The highest BCUT2D eigenvalue weighted by atomic mass is 79.9. The lowest BCUT2D eigenvalue weighted by molar-refractivity contribution is 0.104. The molecule has 0 fully saturated rings. The van der Waals surface area contributed by atoms with Gasteiger partial charge in [-0.3, -0.25) is 4.79 Å². The predicted octanol–water partition coefficient (Wildman–Crippen LogP) is 4.81. The van der Waals surface area contributed by atoms with E-state index in [1.165, 1.54) is 13.2 Å². The molecule has 0 saturated carbocycles. The van der Waals surface area contributed by atoms with Crippen LogP contribution >= 0.6 is 15.9 Å². The predicted molar refractivity (Wildman–Crippen MR) is 101 cm³/mol. The molecular weight excluding hydrogens is 382 g/mol. The van der Waals surface area contributed by atoms with E-state index >= 15 is 0 Å². The molecule has 0 aliphatic rings. The number of hydrogen-bond acceptors (Lipinski definition) is 4. The van der Waals surface area contributed by atoms with Gasteiger partial charge in [-0.1, -0.05) is 43.0 Å². The van der Waals surface area contributed by atoms with E-state index in [4.69, 9.17) is 9.47 Å². The third-order valence-electron chi connectivity index (χ3n) is 3.31. The second-order valence-electron chi connectivity index (χ2n) is 5.00. The molecule has 2 aromatic carbocycles. The zero-order valence-electron chi connectivity index (χ0n) is 13.7. The summed E-state index contributed by atoms with van der Waals surface area (Å²) in [7, 11) is 1.52. The van der Waals surface area contributed by atoms with Crippen molar-refractivity contribution >= 4 is 27.8 Å². The van der Waals surface area contributed by atoms with Crippen molar-refractivity contribution in [2.24, 2.45) is 0 Å². The molecule has 0 amide bonds. The van der Waals surface area contributed by atoms with Gasteiger partial charge >= 0.3 is 0 Å². The summed E-state index contributed by atoms with van der Waals surface area (Å²) in [5.41, 5.74) is 1.16. The van der Waals surface area contributed by atoms with E-state index in [-0.39, 0.29) is 11.4 Å². The Kier molecular flexibility index (Phi) is 6.55. The van der Waals surface area contributed by atoms with E-state index in [9.17, 15) is 10.1 Å². The van der Waals surface area contributed by atoms with Gasteiger partial charge in [0.1, 0.15) is 18.2 Å². The van der Waals surface area contributed by atoms with Crippen molar-refractivity contribution < 1.29 is 14.3 Å². The van der Waals surface area contributed by atoms with Gasteiger partial charge < -0.3 is 9.47 Å². The third kappa shape index (κ3) is 4.59. The van der Waals surface area contributed by atoms with Crippen LogP contribution in [-0.2, 0) is 0 Å². The quantitative estimate of drug-likeness (QED) is 0.291. The molecule has 4 nitrogen and oxygen atoms in total. The van der Waals surface area contributed by atoms with Crippen molar-refractivity contribution in [3.8, 4) is 17.6 Å². The van der Waals surface area contributed by atoms with Crippen LogP contribution in [0.3, 0.4) is 0 Å². The minimum absolute atomic E-state index is 0.0416. The van der Waals surface area contributed by atoms with Gasteiger partial charge in [0.15, 0.2) is 11.5 Å². The van der Waals surface area contributed by atoms with Crippen LogP contribution in [0.4, 0.5) is 0 Å². The zero-order chi connectivity index (χ0) is 18.2. The number of ketones is 1. The zero-order valence-corrected chi connectivity index (χ0v) is 15.2. The van der Waals surface area contributed by atoms with Crippen LogP contribution in [0, 0.1) is 11.3 Å². The Labute approximate surface area is 155 Å². The molecule has 0 aliphatic carbocycles. The number of methoxy groups -OCH3 is 1. The fourth-order valence-electron chi connectivity index (χ4n) is 2.17. The average molecular weight is 398 g/mol. The molecule has 0 aliphatic heterocycles. The van der Waals surface area contributed by atoms with Crippen LogP contribution in [0.1, 0.15) is 15.9 Å². The standard InChI is InChI=1S/C20H16BrNO3/c1-3-9-25-20-17(21)11-14(12-18(20)24-2)10-16(13-22)19(23)15-7-5-4-6-8-15/h3-8,10-12H,1,9H2,2H3/b16-10+. The van der Waals surface area contributed by atoms with Crippen LogP contribution in [0.15, 0.2) is 65.2 Å². The van der Waals surface area contributed by atoms with Gasteiger partial charge in [0.2, 0.25) is 5.78 Å². The molecule has 0 bridgehead atoms. The van der Waals surface area contributed by atoms with E-state index in [0.29, 0.717) is 33.7 Å². The first-order valence-electron chi connectivity index (χ1n) is 7.43. The third-order valence-corrected chi connectivity index (χ3v) is 3.90. The SMILES string of the molecule is C=CCOc1c(Br)cc(/C=C(\C#N)C(=O)c2ccccc2)cc1OC. The number of Topliss-reactive ketones (excluding diaryl/α,β-unsaturated/α-hetero) is 1. The van der Waals surface area contributed by atoms with Crippen molar-refractivity contribution in [2.45, 2.75) is 0 Å². The number of nitriles is 1. The highest BCUT2D eigenvalue weighted by molar-refractivity contribution is 9.10. The highest BCUT2D eigenvalue weighted by Gasteiger charge is 2.14. The molecule has 0 atom stereocenters. The number of hydrogen-bond donors (Lipinski definition) is 0. The number of carbonyl (C=O) groups excluding carboxylic acids is 1. The number of halogens is 1. The molecule has 0 unspecified atom stereocenters. The number of allylic oxidation sites excluding steroid dienone is 1. The number of rotatable bonds is 7. The smallest absolute Gasteiger partial charge is 0.203 e. The number of ether oxygens (including phenoxy) is 2. The second kappa shape index (κ2) is 8.86. The van der Waals surface area contributed by atoms with Crippen molar-refractivity contribution in [3.05, 3.63) is 76.3 Å². The topological polar surface area (TPSA) is 59.3 Å². The molecule has 5 heteroatoms. The Balaban J connectivity index is 2.41. The van der Waals surface area contributed by atoms with E-state index in [1.807, 2.05) is 12.1 Å². The van der Waals surface area contributed by atoms with E-state index in [2.05, 4.69) is 22.5 Å². The van der Waals surface area contributed by atoms with Gasteiger partial charge in [-0.15, -0.1) is 0 Å². The first kappa shape index (κ1) is 18.5. The van der Waals surface area contributed by atoms with Crippen LogP contribution in [0.25, 0.3) is 6.08 Å². The Hall–Kier alpha value is -2.84. The highest BCUT2D eigenvalue weighted by Crippen LogP contribution is 2.37. The largest absolute Gasteiger partial charge is 0.493 e. The van der Waals surface area contributed by atoms with Crippen molar-refractivity contribution in [1.29, 1.82) is 5.26 Å². The lowest BCUT2D eigenvalue weighted by atomic mass is 10.0. The van der Waals surface area contributed by atoms with Gasteiger partial charge in [-0.2, -0.15) is 5.26 Å². The Morgan fingerprint density at radius 1 is 1.32 bits per heavy atom. The number of carbonyl (C=O) groups is 1. The molecule has 2 rings (SSSR count). The summed E-state index contributed by atoms with van der Waals surface area (Å²) in [5, 5.41) is 9.37. The van der Waals surface area contributed by atoms with Crippen LogP contribution in [0.2, 0.25) is 0 Å². The van der Waals surface area contributed by atoms with Gasteiger partial charge in [0.25, 0.3) is 0 Å². The maximum absolute atomic E-state index is 12.5. The molecule has 0 spiro atoms. The van der Waals surface area contributed by atoms with Gasteiger partial charge in [0, 0.05) is 5.56 Å². The monoisotopic (exact) mass is 397 g/mol. The summed E-state index contributed by atoms with van der Waals surface area (Å²) in [6.07, 6.45) is 3.16. The molecule has 25 heavy (non-hydrogen) atoms. The van der Waals surface area contributed by atoms with Crippen molar-refractivity contribution in [1.82, 2.24) is 0 Å². The lowest BCUT2D eigenvalue weighted by Gasteiger charge is -2.12. The van der Waals surface area contributed by atoms with Crippen LogP contribution < -0.4 is 9.47 Å². The maximum atomic E-state index is 12.5. The Bertz CT molecular complexity index is 851. The molecule has 0 heterocycles. The minimum Gasteiger partial charge on any atom is -0.493 e. The molecular formula is C20H16BrNO3. The summed E-state index contributed by atoms with van der Waals surface area (Å²) in [5.74, 6) is 0.699. The number of benzene rings is 2. The fourth-order valence-corrected chi connectivity index (χ4v) is 2.74. The Morgan fingerprint density at radius 3 is 2.64 bits per heavy atom. The second-order valence-corrected chi connectivity index (χ2v) is 5.85. The summed E-state index contributed by atoms with van der Waals surface area (Å²) in [6, 6.07) is 14.1. The van der Waals surface area contributed by atoms with Crippen molar-refractivity contribution in [2.75, 3.05) is 13.7 Å². The first-order valence-corrected chi connectivity index (χ1v) is 8.22. The summed E-state index contributed by atoms with van der Waals surface area (Å²) < 4.78 is 11.6. The Morgan fingerprint density at radius 2 is 2.04 bits per heavy atom. The molecule has 0 saturated heterocycles. The molecule has 0 radical (unpaired) electrons. The first-order chi connectivity index (χ1) is 12.1. The molecule has 0 N–H and O–H groups in total. The molecule has 0 aromatic heterocycles. The summed E-state index contributed by atoms with van der Waals surface area (Å²) in [4.78, 5) is 12.5. The van der Waals surface area contributed by atoms with Crippen LogP contribution in [0.5, 0.6) is 11.5 Å². The molecule has 126 valence electrons. The summed E-state index contributed by atoms with van der Waals surface area (Å²) >= 11 is 3.43. The number of nitrogens with zero attached hydrogens (tertiary/aromatic N) is 1.